The van der Waals surface area contributed by atoms with Crippen LogP contribution >= 0.6 is 0 Å². The third-order valence-electron chi connectivity index (χ3n) is 3.36. The van der Waals surface area contributed by atoms with Gasteiger partial charge in [0.25, 0.3) is 0 Å². The van der Waals surface area contributed by atoms with Gasteiger partial charge in [-0.05, 0) is 38.4 Å². The molecule has 0 radical (unpaired) electrons. The van der Waals surface area contributed by atoms with E-state index in [1.165, 1.54) is 19.3 Å². The lowest BCUT2D eigenvalue weighted by molar-refractivity contribution is 0.247. The van der Waals surface area contributed by atoms with Gasteiger partial charge in [-0.3, -0.25) is 0 Å². The minimum atomic E-state index is -1.92. The van der Waals surface area contributed by atoms with E-state index in [1.807, 2.05) is 0 Å². The van der Waals surface area contributed by atoms with Gasteiger partial charge < -0.3 is 20.3 Å². The monoisotopic (exact) mass is 262 g/mol. The van der Waals surface area contributed by atoms with Crippen LogP contribution in [0.3, 0.4) is 0 Å². The fourth-order valence-corrected chi connectivity index (χ4v) is 3.25. The maximum atomic E-state index is 6.09. The van der Waals surface area contributed by atoms with Crippen molar-refractivity contribution >= 4 is 8.56 Å². The summed E-state index contributed by atoms with van der Waals surface area (Å²) < 4.78 is 10.9. The van der Waals surface area contributed by atoms with Crippen LogP contribution in [0, 0.1) is 0 Å². The molecule has 0 aliphatic heterocycles. The number of rotatable bonds is 11. The highest BCUT2D eigenvalue weighted by Crippen LogP contribution is 2.17. The topological polar surface area (TPSA) is 70.5 Å². The molecule has 0 aromatic carbocycles. The number of unbranched alkanes of at least 4 members (excludes halogenated alkanes) is 3. The normalized spacial score (nSPS) is 13.9. The van der Waals surface area contributed by atoms with Crippen LogP contribution in [0.25, 0.3) is 0 Å². The first-order valence-corrected chi connectivity index (χ1v) is 9.16. The summed E-state index contributed by atoms with van der Waals surface area (Å²) in [5.74, 6) is 0. The third kappa shape index (κ3) is 8.74. The lowest BCUT2D eigenvalue weighted by Crippen LogP contribution is -2.37. The Hall–Kier alpha value is 0.0569. The van der Waals surface area contributed by atoms with Crippen LogP contribution in [0.15, 0.2) is 0 Å². The van der Waals surface area contributed by atoms with E-state index in [1.54, 1.807) is 14.2 Å². The van der Waals surface area contributed by atoms with Crippen molar-refractivity contribution in [3.05, 3.63) is 0 Å². The van der Waals surface area contributed by atoms with Crippen LogP contribution in [0.2, 0.25) is 12.6 Å². The largest absolute Gasteiger partial charge is 0.398 e. The fraction of sp³-hybridized carbons (Fsp3) is 1.00. The molecular formula is C12H30N2O2Si. The summed E-state index contributed by atoms with van der Waals surface area (Å²) >= 11 is 0. The van der Waals surface area contributed by atoms with Gasteiger partial charge in [0.15, 0.2) is 0 Å². The van der Waals surface area contributed by atoms with Gasteiger partial charge in [-0.15, -0.1) is 0 Å². The molecule has 0 saturated heterocycles. The molecule has 1 unspecified atom stereocenters. The van der Waals surface area contributed by atoms with E-state index in [0.717, 1.165) is 31.9 Å². The average molecular weight is 262 g/mol. The van der Waals surface area contributed by atoms with E-state index in [9.17, 15) is 0 Å². The Morgan fingerprint density at radius 3 is 2.12 bits per heavy atom. The molecule has 0 aromatic rings. The Labute approximate surface area is 107 Å². The molecule has 0 fully saturated rings. The van der Waals surface area contributed by atoms with E-state index in [4.69, 9.17) is 20.3 Å². The van der Waals surface area contributed by atoms with Crippen LogP contribution < -0.4 is 11.5 Å². The minimum Gasteiger partial charge on any atom is -0.398 e. The molecule has 104 valence electrons. The fourth-order valence-electron chi connectivity index (χ4n) is 1.78. The quantitative estimate of drug-likeness (QED) is 0.441. The van der Waals surface area contributed by atoms with Crippen LogP contribution in [-0.2, 0) is 8.85 Å². The number of nitrogens with two attached hydrogens (primary N) is 2. The molecule has 5 heteroatoms. The van der Waals surface area contributed by atoms with Gasteiger partial charge in [0.2, 0.25) is 0 Å². The zero-order valence-electron chi connectivity index (χ0n) is 11.7. The van der Waals surface area contributed by atoms with Crippen LogP contribution in [-0.4, -0.2) is 35.4 Å². The molecular weight excluding hydrogens is 232 g/mol. The Morgan fingerprint density at radius 2 is 1.59 bits per heavy atom. The second-order valence-corrected chi connectivity index (χ2v) is 8.42. The van der Waals surface area contributed by atoms with Gasteiger partial charge in [-0.25, -0.2) is 0 Å². The van der Waals surface area contributed by atoms with Gasteiger partial charge in [0.1, 0.15) is 0 Å². The van der Waals surface area contributed by atoms with Crippen molar-refractivity contribution < 1.29 is 8.85 Å². The number of hydrogen-bond donors (Lipinski definition) is 2. The second-order valence-electron chi connectivity index (χ2n) is 4.83. The van der Waals surface area contributed by atoms with E-state index in [0.29, 0.717) is 0 Å². The van der Waals surface area contributed by atoms with Crippen molar-refractivity contribution in [3.63, 3.8) is 0 Å². The third-order valence-corrected chi connectivity index (χ3v) is 6.29. The molecule has 0 rings (SSSR count). The van der Waals surface area contributed by atoms with Crippen molar-refractivity contribution in [3.8, 4) is 0 Å². The van der Waals surface area contributed by atoms with E-state index in [2.05, 4.69) is 6.55 Å². The van der Waals surface area contributed by atoms with Crippen molar-refractivity contribution in [1.29, 1.82) is 0 Å². The first kappa shape index (κ1) is 17.1. The predicted octanol–water partition coefficient (Wildman–Crippen LogP) is 1.98. The van der Waals surface area contributed by atoms with Crippen molar-refractivity contribution in [2.75, 3.05) is 20.8 Å². The standard InChI is InChI=1S/C12H30N2O2Si/c1-15-17(3,16-2)11-9-12(14)8-6-4-5-7-10-13/h12H,4-11,13-14H2,1-3H3. The highest BCUT2D eigenvalue weighted by molar-refractivity contribution is 6.65. The summed E-state index contributed by atoms with van der Waals surface area (Å²) in [7, 11) is 1.54. The van der Waals surface area contributed by atoms with Gasteiger partial charge >= 0.3 is 8.56 Å². The molecule has 0 saturated carbocycles. The van der Waals surface area contributed by atoms with E-state index >= 15 is 0 Å². The van der Waals surface area contributed by atoms with Gasteiger partial charge in [0, 0.05) is 20.3 Å². The molecule has 0 spiro atoms. The summed E-state index contributed by atoms with van der Waals surface area (Å²) in [6, 6.07) is 1.26. The zero-order valence-corrected chi connectivity index (χ0v) is 12.7. The zero-order chi connectivity index (χ0) is 13.1. The maximum absolute atomic E-state index is 6.09. The lowest BCUT2D eigenvalue weighted by Gasteiger charge is -2.24. The lowest BCUT2D eigenvalue weighted by atomic mass is 10.1. The summed E-state index contributed by atoms with van der Waals surface area (Å²) in [6.07, 6.45) is 6.91. The van der Waals surface area contributed by atoms with E-state index in [-0.39, 0.29) is 6.04 Å². The molecule has 4 nitrogen and oxygen atoms in total. The maximum Gasteiger partial charge on any atom is 0.334 e. The van der Waals surface area contributed by atoms with Gasteiger partial charge in [0.05, 0.1) is 0 Å². The SMILES string of the molecule is CO[Si](C)(CCC(N)CCCCCCN)OC. The van der Waals surface area contributed by atoms with Crippen LogP contribution in [0.1, 0.15) is 38.5 Å². The summed E-state index contributed by atoms with van der Waals surface area (Å²) in [5, 5.41) is 0. The van der Waals surface area contributed by atoms with Crippen molar-refractivity contribution in [2.24, 2.45) is 11.5 Å². The summed E-state index contributed by atoms with van der Waals surface area (Å²) in [6.45, 7) is 2.89. The molecule has 0 heterocycles. The molecule has 17 heavy (non-hydrogen) atoms. The predicted molar refractivity (Wildman–Crippen MR) is 75.2 cm³/mol. The second kappa shape index (κ2) is 10.0. The van der Waals surface area contributed by atoms with Crippen LogP contribution in [0.5, 0.6) is 0 Å². The molecule has 0 amide bonds. The smallest absolute Gasteiger partial charge is 0.334 e. The molecule has 1 atom stereocenters. The van der Waals surface area contributed by atoms with E-state index < -0.39 is 8.56 Å². The Bertz CT molecular complexity index is 178. The van der Waals surface area contributed by atoms with Crippen molar-refractivity contribution in [2.45, 2.75) is 57.2 Å². The minimum absolute atomic E-state index is 0.282. The van der Waals surface area contributed by atoms with Crippen molar-refractivity contribution in [1.82, 2.24) is 0 Å². The Kier molecular flexibility index (Phi) is 10.1. The molecule has 0 aliphatic carbocycles. The van der Waals surface area contributed by atoms with Gasteiger partial charge in [-0.2, -0.15) is 0 Å². The Balaban J connectivity index is 3.55. The molecule has 0 bridgehead atoms. The molecule has 0 aromatic heterocycles. The summed E-state index contributed by atoms with van der Waals surface area (Å²) in [4.78, 5) is 0. The summed E-state index contributed by atoms with van der Waals surface area (Å²) in [5.41, 5.74) is 11.5. The molecule has 0 aliphatic rings. The molecule has 4 N–H and O–H groups in total. The first-order chi connectivity index (χ1) is 8.08. The van der Waals surface area contributed by atoms with Crippen LogP contribution in [0.4, 0.5) is 0 Å². The first-order valence-electron chi connectivity index (χ1n) is 6.64. The highest BCUT2D eigenvalue weighted by Gasteiger charge is 2.28. The Morgan fingerprint density at radius 1 is 1.00 bits per heavy atom. The number of hydrogen-bond acceptors (Lipinski definition) is 4. The average Bonchev–Trinajstić information content (AvgIpc) is 2.35. The highest BCUT2D eigenvalue weighted by atomic mass is 28.4. The van der Waals surface area contributed by atoms with Gasteiger partial charge in [-0.1, -0.05) is 19.3 Å².